The summed E-state index contributed by atoms with van der Waals surface area (Å²) in [6, 6.07) is -1.77. The van der Waals surface area contributed by atoms with Crippen LogP contribution < -0.4 is 5.73 Å². The lowest BCUT2D eigenvalue weighted by atomic mass is 9.96. The second-order valence-corrected chi connectivity index (χ2v) is 5.63. The van der Waals surface area contributed by atoms with Crippen LogP contribution in [0.3, 0.4) is 0 Å². The molecule has 0 bridgehead atoms. The Morgan fingerprint density at radius 1 is 1.14 bits per heavy atom. The van der Waals surface area contributed by atoms with Crippen LogP contribution in [0, 0.1) is 5.92 Å². The van der Waals surface area contributed by atoms with Crippen LogP contribution in [-0.4, -0.2) is 65.4 Å². The van der Waals surface area contributed by atoms with Gasteiger partial charge in [0.05, 0.1) is 6.61 Å². The molecule has 0 saturated carbocycles. The van der Waals surface area contributed by atoms with Crippen LogP contribution in [0.5, 0.6) is 0 Å². The number of likely N-dealkylation sites (N-methyl/N-ethyl adjacent to an activating group) is 2. The number of rotatable bonds is 9. The first kappa shape index (κ1) is 20.4. The Labute approximate surface area is 132 Å². The van der Waals surface area contributed by atoms with E-state index in [1.165, 1.54) is 23.9 Å². The van der Waals surface area contributed by atoms with E-state index in [1.54, 1.807) is 0 Å². The Morgan fingerprint density at radius 2 is 1.68 bits per heavy atom. The van der Waals surface area contributed by atoms with Crippen LogP contribution >= 0.6 is 0 Å². The molecule has 0 fully saturated rings. The molecule has 3 atom stereocenters. The van der Waals surface area contributed by atoms with Crippen molar-refractivity contribution in [1.82, 2.24) is 9.80 Å². The fourth-order valence-electron chi connectivity index (χ4n) is 2.38. The third kappa shape index (κ3) is 4.98. The van der Waals surface area contributed by atoms with Crippen molar-refractivity contribution in [2.24, 2.45) is 11.7 Å². The van der Waals surface area contributed by atoms with E-state index in [9.17, 15) is 19.5 Å². The van der Waals surface area contributed by atoms with Crippen molar-refractivity contribution in [1.29, 1.82) is 0 Å². The van der Waals surface area contributed by atoms with Crippen molar-refractivity contribution in [3.63, 3.8) is 0 Å². The van der Waals surface area contributed by atoms with Crippen LogP contribution in [0.15, 0.2) is 0 Å². The van der Waals surface area contributed by atoms with E-state index in [1.807, 2.05) is 20.8 Å². The van der Waals surface area contributed by atoms with Crippen LogP contribution in [0.4, 0.5) is 0 Å². The zero-order chi connectivity index (χ0) is 17.4. The first-order chi connectivity index (χ1) is 10.2. The Morgan fingerprint density at radius 3 is 2.05 bits per heavy atom. The summed E-state index contributed by atoms with van der Waals surface area (Å²) in [6.45, 7) is 5.10. The number of nitrogens with zero attached hydrogens (tertiary/aromatic N) is 2. The largest absolute Gasteiger partial charge is 0.394 e. The molecule has 0 aliphatic rings. The molecule has 22 heavy (non-hydrogen) atoms. The van der Waals surface area contributed by atoms with Gasteiger partial charge in [0, 0.05) is 20.5 Å². The maximum Gasteiger partial charge on any atom is 0.248 e. The van der Waals surface area contributed by atoms with E-state index >= 15 is 0 Å². The van der Waals surface area contributed by atoms with Gasteiger partial charge in [-0.1, -0.05) is 27.2 Å². The van der Waals surface area contributed by atoms with Crippen molar-refractivity contribution in [3.05, 3.63) is 0 Å². The fraction of sp³-hybridized carbons (Fsp3) is 0.800. The molecule has 7 nitrogen and oxygen atoms in total. The summed E-state index contributed by atoms with van der Waals surface area (Å²) in [5, 5.41) is 9.49. The zero-order valence-corrected chi connectivity index (χ0v) is 14.2. The number of aliphatic hydroxyl groups excluding tert-OH is 1. The van der Waals surface area contributed by atoms with E-state index < -0.39 is 30.5 Å². The number of carbonyl (C=O) groups excluding carboxylic acids is 3. The summed E-state index contributed by atoms with van der Waals surface area (Å²) >= 11 is 0. The highest BCUT2D eigenvalue weighted by Crippen LogP contribution is 2.16. The lowest BCUT2D eigenvalue weighted by Gasteiger charge is -2.35. The first-order valence-corrected chi connectivity index (χ1v) is 7.65. The molecule has 0 aromatic heterocycles. The van der Waals surface area contributed by atoms with Gasteiger partial charge in [-0.2, -0.15) is 0 Å². The topological polar surface area (TPSA) is 104 Å². The van der Waals surface area contributed by atoms with E-state index in [-0.39, 0.29) is 11.8 Å². The number of hydrogen-bond acceptors (Lipinski definition) is 4. The highest BCUT2D eigenvalue weighted by molar-refractivity contribution is 5.91. The Balaban J connectivity index is 5.23. The van der Waals surface area contributed by atoms with Gasteiger partial charge in [0.2, 0.25) is 17.7 Å². The molecular weight excluding hydrogens is 286 g/mol. The maximum absolute atomic E-state index is 12.6. The van der Waals surface area contributed by atoms with Crippen molar-refractivity contribution < 1.29 is 19.5 Å². The smallest absolute Gasteiger partial charge is 0.248 e. The number of amides is 3. The number of aliphatic hydroxyl groups is 1. The van der Waals surface area contributed by atoms with Gasteiger partial charge in [-0.15, -0.1) is 0 Å². The number of nitrogens with two attached hydrogens (primary N) is 1. The van der Waals surface area contributed by atoms with Crippen molar-refractivity contribution >= 4 is 17.7 Å². The normalized spacial score (nSPS) is 14.8. The molecule has 0 radical (unpaired) electrons. The molecule has 0 aliphatic carbocycles. The molecular formula is C15H29N3O4. The molecule has 0 aromatic carbocycles. The predicted octanol–water partition coefficient (Wildman–Crippen LogP) is -0.0358. The zero-order valence-electron chi connectivity index (χ0n) is 14.2. The number of primary amides is 1. The number of carbonyl (C=O) groups is 3. The minimum atomic E-state index is -1.00. The van der Waals surface area contributed by atoms with Crippen molar-refractivity contribution in [3.8, 4) is 0 Å². The molecule has 128 valence electrons. The Hall–Kier alpha value is -1.63. The minimum absolute atomic E-state index is 0.109. The summed E-state index contributed by atoms with van der Waals surface area (Å²) in [5.74, 6) is -1.41. The molecule has 2 unspecified atom stereocenters. The molecule has 0 aliphatic heterocycles. The molecule has 0 saturated heterocycles. The molecule has 0 aromatic rings. The van der Waals surface area contributed by atoms with Gasteiger partial charge < -0.3 is 20.6 Å². The quantitative estimate of drug-likeness (QED) is 0.623. The summed E-state index contributed by atoms with van der Waals surface area (Å²) in [7, 11) is 2.96. The molecule has 3 amide bonds. The van der Waals surface area contributed by atoms with Gasteiger partial charge in [0.15, 0.2) is 0 Å². The predicted molar refractivity (Wildman–Crippen MR) is 83.8 cm³/mol. The highest BCUT2D eigenvalue weighted by Gasteiger charge is 2.35. The molecule has 3 N–H and O–H groups in total. The van der Waals surface area contributed by atoms with Gasteiger partial charge in [-0.3, -0.25) is 14.4 Å². The van der Waals surface area contributed by atoms with Gasteiger partial charge >= 0.3 is 0 Å². The fourth-order valence-corrected chi connectivity index (χ4v) is 2.38. The van der Waals surface area contributed by atoms with Crippen molar-refractivity contribution in [2.45, 2.75) is 52.1 Å². The lowest BCUT2D eigenvalue weighted by molar-refractivity contribution is -0.149. The average molecular weight is 315 g/mol. The minimum Gasteiger partial charge on any atom is -0.394 e. The maximum atomic E-state index is 12.6. The summed E-state index contributed by atoms with van der Waals surface area (Å²) in [6.07, 6.45) is 1.64. The van der Waals surface area contributed by atoms with Gasteiger partial charge in [-0.05, 0) is 12.3 Å². The molecule has 0 rings (SSSR count). The third-order valence-corrected chi connectivity index (χ3v) is 4.02. The molecule has 7 heteroatoms. The van der Waals surface area contributed by atoms with Gasteiger partial charge in [0.25, 0.3) is 0 Å². The molecule has 0 spiro atoms. The van der Waals surface area contributed by atoms with Crippen LogP contribution in [0.2, 0.25) is 0 Å². The van der Waals surface area contributed by atoms with Crippen molar-refractivity contribution in [2.75, 3.05) is 20.7 Å². The second-order valence-electron chi connectivity index (χ2n) is 5.63. The Bertz CT molecular complexity index is 400. The summed E-state index contributed by atoms with van der Waals surface area (Å²) in [4.78, 5) is 38.6. The van der Waals surface area contributed by atoms with E-state index in [2.05, 4.69) is 0 Å². The van der Waals surface area contributed by atoms with E-state index in [0.717, 1.165) is 0 Å². The summed E-state index contributed by atoms with van der Waals surface area (Å²) in [5.41, 5.74) is 5.40. The van der Waals surface area contributed by atoms with Crippen LogP contribution in [-0.2, 0) is 14.4 Å². The lowest BCUT2D eigenvalue weighted by Crippen LogP contribution is -2.56. The Kier molecular flexibility index (Phi) is 8.70. The van der Waals surface area contributed by atoms with Crippen LogP contribution in [0.25, 0.3) is 0 Å². The standard InChI is InChI=1S/C15H29N3O4/c1-6-8-12(20)17(4)11(9-19)15(22)18(5)13(14(16)21)10(3)7-2/h10-11,13,19H,6-9H2,1-5H3,(H2,16,21)/t10?,11?,13-/m0/s1. The van der Waals surface area contributed by atoms with Gasteiger partial charge in [-0.25, -0.2) is 0 Å². The highest BCUT2D eigenvalue weighted by atomic mass is 16.3. The second kappa shape index (κ2) is 9.40. The third-order valence-electron chi connectivity index (χ3n) is 4.02. The van der Waals surface area contributed by atoms with Gasteiger partial charge in [0.1, 0.15) is 12.1 Å². The SMILES string of the molecule is CCCC(=O)N(C)C(CO)C(=O)N(C)[C@H](C(N)=O)C(C)CC. The first-order valence-electron chi connectivity index (χ1n) is 7.65. The van der Waals surface area contributed by atoms with E-state index in [0.29, 0.717) is 19.3 Å². The monoisotopic (exact) mass is 315 g/mol. The molecule has 0 heterocycles. The average Bonchev–Trinajstić information content (AvgIpc) is 2.47. The number of hydrogen-bond donors (Lipinski definition) is 2. The summed E-state index contributed by atoms with van der Waals surface area (Å²) < 4.78 is 0. The van der Waals surface area contributed by atoms with Crippen LogP contribution in [0.1, 0.15) is 40.0 Å². The van der Waals surface area contributed by atoms with E-state index in [4.69, 9.17) is 5.73 Å².